The molecule has 0 N–H and O–H groups in total. The molecule has 3 heterocycles. The Bertz CT molecular complexity index is 711. The molecular formula is C12H14ClN3O2S. The second-order valence-electron chi connectivity index (χ2n) is 5.02. The fraction of sp³-hybridized carbons (Fsp3) is 0.500. The van der Waals surface area contributed by atoms with Crippen molar-refractivity contribution in [2.75, 3.05) is 11.5 Å². The molecule has 102 valence electrons. The molecule has 0 aliphatic carbocycles. The molecule has 5 nitrogen and oxygen atoms in total. The van der Waals surface area contributed by atoms with Gasteiger partial charge in [0.1, 0.15) is 5.82 Å². The number of nitrogens with zero attached hydrogens (tertiary/aromatic N) is 3. The standard InChI is InChI=1S/C12H14ClN3O2S/c13-10-3-4-11-14-15-12(16(11)7-10)6-9-2-1-5-19(17,18)8-9/h3-4,7,9H,1-2,5-6,8H2. The number of sulfone groups is 1. The summed E-state index contributed by atoms with van der Waals surface area (Å²) in [5.74, 6) is 1.48. The zero-order valence-electron chi connectivity index (χ0n) is 10.3. The molecule has 7 heteroatoms. The smallest absolute Gasteiger partial charge is 0.160 e. The van der Waals surface area contributed by atoms with Gasteiger partial charge in [0.25, 0.3) is 0 Å². The molecule has 0 aromatic carbocycles. The second-order valence-corrected chi connectivity index (χ2v) is 7.68. The van der Waals surface area contributed by atoms with Crippen LogP contribution in [-0.4, -0.2) is 34.5 Å². The summed E-state index contributed by atoms with van der Waals surface area (Å²) >= 11 is 5.96. The van der Waals surface area contributed by atoms with Crippen LogP contribution in [-0.2, 0) is 16.3 Å². The Labute approximate surface area is 116 Å². The lowest BCUT2D eigenvalue weighted by molar-refractivity contribution is 0.474. The van der Waals surface area contributed by atoms with Gasteiger partial charge < -0.3 is 0 Å². The van der Waals surface area contributed by atoms with Gasteiger partial charge in [-0.05, 0) is 30.9 Å². The van der Waals surface area contributed by atoms with Gasteiger partial charge in [-0.1, -0.05) is 11.6 Å². The first-order valence-electron chi connectivity index (χ1n) is 6.23. The summed E-state index contributed by atoms with van der Waals surface area (Å²) in [5.41, 5.74) is 0.734. The van der Waals surface area contributed by atoms with Crippen molar-refractivity contribution in [3.63, 3.8) is 0 Å². The third-order valence-corrected chi connectivity index (χ3v) is 5.58. The lowest BCUT2D eigenvalue weighted by Gasteiger charge is -2.20. The number of aromatic nitrogens is 3. The SMILES string of the molecule is O=S1(=O)CCCC(Cc2nnc3ccc(Cl)cn23)C1. The summed E-state index contributed by atoms with van der Waals surface area (Å²) in [4.78, 5) is 0. The van der Waals surface area contributed by atoms with E-state index in [0.29, 0.717) is 17.2 Å². The zero-order chi connectivity index (χ0) is 13.5. The lowest BCUT2D eigenvalue weighted by atomic mass is 10.0. The first-order chi connectivity index (χ1) is 9.03. The topological polar surface area (TPSA) is 64.3 Å². The molecule has 0 amide bonds. The maximum atomic E-state index is 11.6. The molecule has 1 atom stereocenters. The predicted octanol–water partition coefficient (Wildman–Crippen LogP) is 1.75. The predicted molar refractivity (Wildman–Crippen MR) is 73.1 cm³/mol. The third kappa shape index (κ3) is 2.74. The van der Waals surface area contributed by atoms with E-state index in [1.54, 1.807) is 18.3 Å². The molecule has 0 bridgehead atoms. The Hall–Kier alpha value is -1.14. The average molecular weight is 300 g/mol. The van der Waals surface area contributed by atoms with Crippen LogP contribution < -0.4 is 0 Å². The number of halogens is 1. The molecule has 1 aliphatic rings. The van der Waals surface area contributed by atoms with Crippen molar-refractivity contribution in [3.05, 3.63) is 29.2 Å². The van der Waals surface area contributed by atoms with Gasteiger partial charge in [-0.15, -0.1) is 10.2 Å². The van der Waals surface area contributed by atoms with Crippen LogP contribution in [0.4, 0.5) is 0 Å². The third-order valence-electron chi connectivity index (χ3n) is 3.47. The highest BCUT2D eigenvalue weighted by Gasteiger charge is 2.26. The Kier molecular flexibility index (Phi) is 3.22. The molecule has 2 aromatic heterocycles. The zero-order valence-corrected chi connectivity index (χ0v) is 11.9. The van der Waals surface area contributed by atoms with Gasteiger partial charge in [-0.3, -0.25) is 4.40 Å². The largest absolute Gasteiger partial charge is 0.285 e. The van der Waals surface area contributed by atoms with Gasteiger partial charge >= 0.3 is 0 Å². The van der Waals surface area contributed by atoms with E-state index in [1.165, 1.54) is 0 Å². The van der Waals surface area contributed by atoms with Crippen LogP contribution in [0.3, 0.4) is 0 Å². The quantitative estimate of drug-likeness (QED) is 0.847. The van der Waals surface area contributed by atoms with E-state index in [0.717, 1.165) is 24.3 Å². The van der Waals surface area contributed by atoms with E-state index in [4.69, 9.17) is 11.6 Å². The molecule has 1 saturated heterocycles. The minimum atomic E-state index is -2.88. The van der Waals surface area contributed by atoms with Gasteiger partial charge in [-0.2, -0.15) is 0 Å². The van der Waals surface area contributed by atoms with Crippen LogP contribution in [0.2, 0.25) is 5.02 Å². The molecule has 0 radical (unpaired) electrons. The van der Waals surface area contributed by atoms with Gasteiger partial charge in [0.15, 0.2) is 15.5 Å². The highest BCUT2D eigenvalue weighted by atomic mass is 35.5. The number of fused-ring (bicyclic) bond motifs is 1. The van der Waals surface area contributed by atoms with Crippen molar-refractivity contribution in [1.82, 2.24) is 14.6 Å². The monoisotopic (exact) mass is 299 g/mol. The van der Waals surface area contributed by atoms with E-state index in [-0.39, 0.29) is 11.7 Å². The van der Waals surface area contributed by atoms with Crippen molar-refractivity contribution in [3.8, 4) is 0 Å². The highest BCUT2D eigenvalue weighted by molar-refractivity contribution is 7.91. The van der Waals surface area contributed by atoms with Crippen LogP contribution in [0.15, 0.2) is 18.3 Å². The Morgan fingerprint density at radius 1 is 1.37 bits per heavy atom. The van der Waals surface area contributed by atoms with Crippen molar-refractivity contribution in [2.24, 2.45) is 5.92 Å². The first kappa shape index (κ1) is 12.9. The number of hydrogen-bond donors (Lipinski definition) is 0. The van der Waals surface area contributed by atoms with Gasteiger partial charge in [0.2, 0.25) is 0 Å². The van der Waals surface area contributed by atoms with Crippen molar-refractivity contribution >= 4 is 27.1 Å². The normalized spacial score (nSPS) is 22.7. The van der Waals surface area contributed by atoms with E-state index in [2.05, 4.69) is 10.2 Å². The van der Waals surface area contributed by atoms with E-state index in [9.17, 15) is 8.42 Å². The van der Waals surface area contributed by atoms with Crippen LogP contribution in [0.5, 0.6) is 0 Å². The molecule has 0 spiro atoms. The van der Waals surface area contributed by atoms with Gasteiger partial charge in [0.05, 0.1) is 16.5 Å². The summed E-state index contributed by atoms with van der Waals surface area (Å²) in [5, 5.41) is 8.82. The lowest BCUT2D eigenvalue weighted by Crippen LogP contribution is -2.27. The maximum absolute atomic E-state index is 11.6. The fourth-order valence-corrected chi connectivity index (χ4v) is 4.52. The number of hydrogen-bond acceptors (Lipinski definition) is 4. The Morgan fingerprint density at radius 3 is 3.00 bits per heavy atom. The van der Waals surface area contributed by atoms with Crippen molar-refractivity contribution < 1.29 is 8.42 Å². The minimum absolute atomic E-state index is 0.130. The van der Waals surface area contributed by atoms with Gasteiger partial charge in [0, 0.05) is 12.6 Å². The Balaban J connectivity index is 1.87. The maximum Gasteiger partial charge on any atom is 0.160 e. The summed E-state index contributed by atoms with van der Waals surface area (Å²) in [6.45, 7) is 0. The fourth-order valence-electron chi connectivity index (χ4n) is 2.59. The summed E-state index contributed by atoms with van der Waals surface area (Å²) in [6.07, 6.45) is 4.06. The van der Waals surface area contributed by atoms with Crippen LogP contribution >= 0.6 is 11.6 Å². The molecule has 0 saturated carbocycles. The molecule has 1 fully saturated rings. The first-order valence-corrected chi connectivity index (χ1v) is 8.43. The van der Waals surface area contributed by atoms with Crippen molar-refractivity contribution in [2.45, 2.75) is 19.3 Å². The molecule has 1 unspecified atom stereocenters. The van der Waals surface area contributed by atoms with E-state index >= 15 is 0 Å². The second kappa shape index (κ2) is 4.76. The minimum Gasteiger partial charge on any atom is -0.285 e. The van der Waals surface area contributed by atoms with E-state index in [1.807, 2.05) is 4.40 Å². The number of rotatable bonds is 2. The van der Waals surface area contributed by atoms with E-state index < -0.39 is 9.84 Å². The molecule has 1 aliphatic heterocycles. The van der Waals surface area contributed by atoms with Gasteiger partial charge in [-0.25, -0.2) is 8.42 Å². The molecular weight excluding hydrogens is 286 g/mol. The summed E-state index contributed by atoms with van der Waals surface area (Å²) < 4.78 is 25.1. The Morgan fingerprint density at radius 2 is 2.21 bits per heavy atom. The highest BCUT2D eigenvalue weighted by Crippen LogP contribution is 2.22. The number of pyridine rings is 1. The average Bonchev–Trinajstić information content (AvgIpc) is 2.71. The molecule has 19 heavy (non-hydrogen) atoms. The molecule has 2 aromatic rings. The van der Waals surface area contributed by atoms with Crippen LogP contribution in [0.1, 0.15) is 18.7 Å². The van der Waals surface area contributed by atoms with Crippen molar-refractivity contribution in [1.29, 1.82) is 0 Å². The van der Waals surface area contributed by atoms with Crippen LogP contribution in [0, 0.1) is 5.92 Å². The summed E-state index contributed by atoms with van der Waals surface area (Å²) in [6, 6.07) is 3.57. The van der Waals surface area contributed by atoms with Crippen LogP contribution in [0.25, 0.3) is 5.65 Å². The molecule has 3 rings (SSSR count). The summed E-state index contributed by atoms with van der Waals surface area (Å²) in [7, 11) is -2.88.